The highest BCUT2D eigenvalue weighted by Crippen LogP contribution is 2.22. The quantitative estimate of drug-likeness (QED) is 0.769. The van der Waals surface area contributed by atoms with Crippen LogP contribution >= 0.6 is 0 Å². The van der Waals surface area contributed by atoms with Crippen LogP contribution in [-0.2, 0) is 6.54 Å². The molecule has 1 N–H and O–H groups in total. The van der Waals surface area contributed by atoms with E-state index in [4.69, 9.17) is 4.74 Å². The van der Waals surface area contributed by atoms with Gasteiger partial charge >= 0.3 is 0 Å². The Balaban J connectivity index is 1.87. The minimum atomic E-state index is -0.500. The Kier molecular flexibility index (Phi) is 5.12. The van der Waals surface area contributed by atoms with E-state index >= 15 is 0 Å². The lowest BCUT2D eigenvalue weighted by molar-refractivity contribution is 0.102. The van der Waals surface area contributed by atoms with Gasteiger partial charge in [0.25, 0.3) is 11.5 Å². The van der Waals surface area contributed by atoms with Crippen LogP contribution in [-0.4, -0.2) is 22.6 Å². The van der Waals surface area contributed by atoms with Gasteiger partial charge in [-0.3, -0.25) is 14.6 Å². The van der Waals surface area contributed by atoms with Crippen LogP contribution in [0.5, 0.6) is 5.75 Å². The number of carbonyl (C=O) groups excluding carboxylic acids is 1. The highest BCUT2D eigenvalue weighted by molar-refractivity contribution is 6.04. The summed E-state index contributed by atoms with van der Waals surface area (Å²) in [5.41, 5.74) is 2.24. The third-order valence-electron chi connectivity index (χ3n) is 3.95. The fraction of sp³-hybridized carbons (Fsp3) is 0.150. The van der Waals surface area contributed by atoms with Crippen LogP contribution in [0.3, 0.4) is 0 Å². The summed E-state index contributed by atoms with van der Waals surface area (Å²) in [4.78, 5) is 29.2. The van der Waals surface area contributed by atoms with Crippen molar-refractivity contribution in [2.45, 2.75) is 13.5 Å². The molecule has 0 aliphatic rings. The van der Waals surface area contributed by atoms with Gasteiger partial charge in [0.2, 0.25) is 0 Å². The topological polar surface area (TPSA) is 73.2 Å². The smallest absolute Gasteiger partial charge is 0.263 e. The van der Waals surface area contributed by atoms with Crippen LogP contribution in [0.25, 0.3) is 0 Å². The molecule has 0 radical (unpaired) electrons. The van der Waals surface area contributed by atoms with Crippen LogP contribution in [0.4, 0.5) is 5.69 Å². The van der Waals surface area contributed by atoms with Crippen molar-refractivity contribution in [2.24, 2.45) is 0 Å². The zero-order valence-electron chi connectivity index (χ0n) is 14.6. The second-order valence-electron chi connectivity index (χ2n) is 5.87. The zero-order valence-corrected chi connectivity index (χ0v) is 14.6. The number of nitrogens with zero attached hydrogens (tertiary/aromatic N) is 2. The van der Waals surface area contributed by atoms with E-state index in [9.17, 15) is 9.59 Å². The number of pyridine rings is 2. The molecule has 2 heterocycles. The molecule has 0 atom stereocenters. The molecule has 0 bridgehead atoms. The first-order valence-electron chi connectivity index (χ1n) is 8.13. The molecule has 0 fully saturated rings. The molecule has 1 aromatic carbocycles. The van der Waals surface area contributed by atoms with E-state index in [2.05, 4.69) is 10.3 Å². The van der Waals surface area contributed by atoms with Gasteiger partial charge in [-0.05, 0) is 24.6 Å². The van der Waals surface area contributed by atoms with Crippen molar-refractivity contribution in [2.75, 3.05) is 12.4 Å². The number of rotatable bonds is 5. The fourth-order valence-electron chi connectivity index (χ4n) is 2.68. The number of hydrogen-bond acceptors (Lipinski definition) is 4. The molecule has 132 valence electrons. The number of aromatic nitrogens is 2. The Morgan fingerprint density at radius 2 is 2.08 bits per heavy atom. The Morgan fingerprint density at radius 1 is 1.23 bits per heavy atom. The lowest BCUT2D eigenvalue weighted by Crippen LogP contribution is -2.29. The number of aryl methyl sites for hydroxylation is 1. The minimum absolute atomic E-state index is 0.0612. The van der Waals surface area contributed by atoms with E-state index in [0.29, 0.717) is 18.0 Å². The standard InChI is InChI=1S/C20H19N3O3/c1-14-5-3-6-15(11-14)13-23-10-4-7-16(20(23)25)19(24)22-17-12-21-9-8-18(17)26-2/h3-12H,13H2,1-2H3,(H,22,24). The van der Waals surface area contributed by atoms with Gasteiger partial charge < -0.3 is 14.6 Å². The number of methoxy groups -OCH3 is 1. The van der Waals surface area contributed by atoms with Crippen molar-refractivity contribution in [1.29, 1.82) is 0 Å². The Labute approximate surface area is 151 Å². The average Bonchev–Trinajstić information content (AvgIpc) is 2.64. The molecule has 3 rings (SSSR count). The van der Waals surface area contributed by atoms with Crippen molar-refractivity contribution >= 4 is 11.6 Å². The molecular weight excluding hydrogens is 330 g/mol. The maximum atomic E-state index is 12.7. The molecule has 0 spiro atoms. The summed E-state index contributed by atoms with van der Waals surface area (Å²) in [5.74, 6) is -0.0238. The SMILES string of the molecule is COc1ccncc1NC(=O)c1cccn(Cc2cccc(C)c2)c1=O. The number of carbonyl (C=O) groups is 1. The summed E-state index contributed by atoms with van der Waals surface area (Å²) >= 11 is 0. The van der Waals surface area contributed by atoms with Crippen molar-refractivity contribution < 1.29 is 9.53 Å². The van der Waals surface area contributed by atoms with Gasteiger partial charge in [-0.15, -0.1) is 0 Å². The molecule has 26 heavy (non-hydrogen) atoms. The normalized spacial score (nSPS) is 10.4. The van der Waals surface area contributed by atoms with Crippen molar-refractivity contribution in [3.8, 4) is 5.75 Å². The van der Waals surface area contributed by atoms with E-state index < -0.39 is 5.91 Å². The second-order valence-corrected chi connectivity index (χ2v) is 5.87. The average molecular weight is 349 g/mol. The molecule has 0 unspecified atom stereocenters. The van der Waals surface area contributed by atoms with Gasteiger partial charge in [0.05, 0.1) is 19.9 Å². The Morgan fingerprint density at radius 3 is 2.85 bits per heavy atom. The second kappa shape index (κ2) is 7.65. The Bertz CT molecular complexity index is 995. The van der Waals surface area contributed by atoms with Gasteiger partial charge in [0, 0.05) is 18.5 Å². The van der Waals surface area contributed by atoms with Crippen molar-refractivity contribution in [3.05, 3.63) is 88.1 Å². The van der Waals surface area contributed by atoms with Crippen LogP contribution in [0.1, 0.15) is 21.5 Å². The molecule has 0 saturated heterocycles. The number of hydrogen-bond donors (Lipinski definition) is 1. The van der Waals surface area contributed by atoms with E-state index in [-0.39, 0.29) is 11.1 Å². The van der Waals surface area contributed by atoms with Crippen molar-refractivity contribution in [3.63, 3.8) is 0 Å². The molecule has 0 aliphatic carbocycles. The molecule has 6 nitrogen and oxygen atoms in total. The first-order valence-corrected chi connectivity index (χ1v) is 8.13. The minimum Gasteiger partial charge on any atom is -0.494 e. The first kappa shape index (κ1) is 17.4. The highest BCUT2D eigenvalue weighted by Gasteiger charge is 2.14. The van der Waals surface area contributed by atoms with Gasteiger partial charge in [0.1, 0.15) is 17.0 Å². The number of amides is 1. The van der Waals surface area contributed by atoms with Gasteiger partial charge in [-0.25, -0.2) is 0 Å². The fourth-order valence-corrected chi connectivity index (χ4v) is 2.68. The summed E-state index contributed by atoms with van der Waals surface area (Å²) in [5, 5.41) is 2.68. The maximum Gasteiger partial charge on any atom is 0.263 e. The highest BCUT2D eigenvalue weighted by atomic mass is 16.5. The maximum absolute atomic E-state index is 12.7. The van der Waals surface area contributed by atoms with Crippen LogP contribution < -0.4 is 15.6 Å². The first-order chi connectivity index (χ1) is 12.6. The third kappa shape index (κ3) is 3.80. The van der Waals surface area contributed by atoms with E-state index in [1.165, 1.54) is 23.9 Å². The number of anilines is 1. The molecule has 6 heteroatoms. The number of ether oxygens (including phenoxy) is 1. The summed E-state index contributed by atoms with van der Waals surface area (Å²) in [6.45, 7) is 2.40. The van der Waals surface area contributed by atoms with Crippen LogP contribution in [0.15, 0.2) is 65.8 Å². The number of nitrogens with one attached hydrogen (secondary N) is 1. The lowest BCUT2D eigenvalue weighted by atomic mass is 10.1. The zero-order chi connectivity index (χ0) is 18.5. The molecular formula is C20H19N3O3. The van der Waals surface area contributed by atoms with Gasteiger partial charge in [-0.1, -0.05) is 29.8 Å². The molecule has 0 saturated carbocycles. The summed E-state index contributed by atoms with van der Waals surface area (Å²) < 4.78 is 6.71. The lowest BCUT2D eigenvalue weighted by Gasteiger charge is -2.11. The largest absolute Gasteiger partial charge is 0.494 e. The predicted octanol–water partition coefficient (Wildman–Crippen LogP) is 2.86. The molecule has 1 amide bonds. The third-order valence-corrected chi connectivity index (χ3v) is 3.95. The molecule has 3 aromatic rings. The monoisotopic (exact) mass is 349 g/mol. The van der Waals surface area contributed by atoms with Gasteiger partial charge in [-0.2, -0.15) is 0 Å². The van der Waals surface area contributed by atoms with E-state index in [1.54, 1.807) is 24.5 Å². The summed E-state index contributed by atoms with van der Waals surface area (Å²) in [7, 11) is 1.50. The van der Waals surface area contributed by atoms with Gasteiger partial charge in [0.15, 0.2) is 0 Å². The van der Waals surface area contributed by atoms with Crippen molar-refractivity contribution in [1.82, 2.24) is 9.55 Å². The molecule has 2 aromatic heterocycles. The summed E-state index contributed by atoms with van der Waals surface area (Å²) in [6, 6.07) is 12.7. The predicted molar refractivity (Wildman–Crippen MR) is 99.7 cm³/mol. The Hall–Kier alpha value is -3.41. The van der Waals surface area contributed by atoms with Crippen LogP contribution in [0.2, 0.25) is 0 Å². The number of benzene rings is 1. The van der Waals surface area contributed by atoms with E-state index in [1.807, 2.05) is 31.2 Å². The van der Waals surface area contributed by atoms with E-state index in [0.717, 1.165) is 11.1 Å². The molecule has 0 aliphatic heterocycles. The van der Waals surface area contributed by atoms with Crippen LogP contribution in [0, 0.1) is 6.92 Å². The summed E-state index contributed by atoms with van der Waals surface area (Å²) in [6.07, 6.45) is 4.71.